The Morgan fingerprint density at radius 2 is 1.81 bits per heavy atom. The van der Waals surface area contributed by atoms with E-state index in [2.05, 4.69) is 28.1 Å². The summed E-state index contributed by atoms with van der Waals surface area (Å²) in [5, 5.41) is 9.24. The molecule has 2 unspecified atom stereocenters. The van der Waals surface area contributed by atoms with E-state index >= 15 is 0 Å². The van der Waals surface area contributed by atoms with Crippen molar-refractivity contribution in [3.63, 3.8) is 0 Å². The summed E-state index contributed by atoms with van der Waals surface area (Å²) in [6.07, 6.45) is 2.22. The highest BCUT2D eigenvalue weighted by Gasteiger charge is 2.45. The van der Waals surface area contributed by atoms with Gasteiger partial charge in [0, 0.05) is 31.2 Å². The first-order valence-electron chi connectivity index (χ1n) is 10.9. The van der Waals surface area contributed by atoms with E-state index in [9.17, 15) is 19.2 Å². The molecule has 164 valence electrons. The molecule has 32 heavy (non-hydrogen) atoms. The number of benzene rings is 2. The van der Waals surface area contributed by atoms with Gasteiger partial charge in [0.2, 0.25) is 11.8 Å². The average molecular weight is 432 g/mol. The maximum Gasteiger partial charge on any atom is 0.262 e. The van der Waals surface area contributed by atoms with Crippen LogP contribution in [-0.2, 0) is 16.1 Å². The number of anilines is 1. The monoisotopic (exact) mass is 432 g/mol. The van der Waals surface area contributed by atoms with Crippen LogP contribution in [0.5, 0.6) is 0 Å². The third-order valence-electron chi connectivity index (χ3n) is 6.41. The third kappa shape index (κ3) is 3.46. The van der Waals surface area contributed by atoms with E-state index in [4.69, 9.17) is 0 Å². The van der Waals surface area contributed by atoms with Crippen LogP contribution in [0, 0.1) is 0 Å². The zero-order chi connectivity index (χ0) is 22.2. The molecule has 1 fully saturated rings. The van der Waals surface area contributed by atoms with Crippen molar-refractivity contribution < 1.29 is 19.2 Å². The van der Waals surface area contributed by atoms with Crippen molar-refractivity contribution in [2.45, 2.75) is 44.3 Å². The first kappa shape index (κ1) is 20.4. The van der Waals surface area contributed by atoms with Crippen molar-refractivity contribution in [2.24, 2.45) is 0 Å². The minimum absolute atomic E-state index is 0.105. The Balaban J connectivity index is 1.39. The molecule has 3 aliphatic heterocycles. The molecule has 3 aliphatic rings. The molecule has 2 aromatic rings. The summed E-state index contributed by atoms with van der Waals surface area (Å²) in [5.41, 5.74) is 3.67. The normalized spacial score (nSPS) is 22.7. The fraction of sp³-hybridized carbons (Fsp3) is 0.333. The number of piperidine rings is 1. The Kier molecular flexibility index (Phi) is 5.22. The van der Waals surface area contributed by atoms with Crippen LogP contribution in [0.4, 0.5) is 5.69 Å². The van der Waals surface area contributed by atoms with Crippen LogP contribution in [0.15, 0.2) is 42.5 Å². The Bertz CT molecular complexity index is 1130. The number of para-hydroxylation sites is 1. The van der Waals surface area contributed by atoms with Gasteiger partial charge in [-0.2, -0.15) is 0 Å². The summed E-state index contributed by atoms with van der Waals surface area (Å²) in [5.74, 6) is -1.94. The number of carbonyl (C=O) groups excluding carboxylic acids is 4. The smallest absolute Gasteiger partial charge is 0.262 e. The molecule has 0 aromatic heterocycles. The van der Waals surface area contributed by atoms with Crippen LogP contribution in [0.2, 0.25) is 0 Å². The van der Waals surface area contributed by atoms with Crippen LogP contribution in [0.3, 0.4) is 0 Å². The summed E-state index contributed by atoms with van der Waals surface area (Å²) in [7, 11) is 0. The lowest BCUT2D eigenvalue weighted by Crippen LogP contribution is -2.54. The second-order valence-electron chi connectivity index (χ2n) is 8.38. The predicted octanol–water partition coefficient (Wildman–Crippen LogP) is 2.12. The molecule has 0 bridgehead atoms. The first-order chi connectivity index (χ1) is 15.5. The largest absolute Gasteiger partial charge is 0.385 e. The van der Waals surface area contributed by atoms with E-state index in [1.165, 1.54) is 5.56 Å². The Morgan fingerprint density at radius 1 is 0.969 bits per heavy atom. The highest BCUT2D eigenvalue weighted by molar-refractivity contribution is 6.24. The molecular weight excluding hydrogens is 408 g/mol. The van der Waals surface area contributed by atoms with Gasteiger partial charge in [0.1, 0.15) is 6.04 Å². The highest BCUT2D eigenvalue weighted by Crippen LogP contribution is 2.32. The molecule has 3 heterocycles. The minimum atomic E-state index is -0.958. The van der Waals surface area contributed by atoms with Crippen molar-refractivity contribution in [3.8, 4) is 0 Å². The van der Waals surface area contributed by atoms with Crippen molar-refractivity contribution >= 4 is 29.3 Å². The van der Waals surface area contributed by atoms with Gasteiger partial charge in [0.25, 0.3) is 11.8 Å². The number of carbonyl (C=O) groups is 4. The molecule has 0 aliphatic carbocycles. The molecule has 0 radical (unpaired) electrons. The van der Waals surface area contributed by atoms with Crippen molar-refractivity contribution in [3.05, 3.63) is 64.7 Å². The number of nitrogens with zero attached hydrogens (tertiary/aromatic N) is 1. The maximum absolute atomic E-state index is 13.3. The van der Waals surface area contributed by atoms with Gasteiger partial charge in [-0.05, 0) is 42.5 Å². The fourth-order valence-electron chi connectivity index (χ4n) is 4.82. The first-order valence-corrected chi connectivity index (χ1v) is 10.9. The summed E-state index contributed by atoms with van der Waals surface area (Å²) < 4.78 is 0. The number of rotatable bonds is 4. The number of imide groups is 2. The van der Waals surface area contributed by atoms with Crippen LogP contribution < -0.4 is 16.0 Å². The van der Waals surface area contributed by atoms with E-state index in [0.717, 1.165) is 35.5 Å². The number of amides is 4. The third-order valence-corrected chi connectivity index (χ3v) is 6.41. The molecule has 2 aromatic carbocycles. The molecule has 3 N–H and O–H groups in total. The molecule has 0 spiro atoms. The fourth-order valence-corrected chi connectivity index (χ4v) is 4.82. The summed E-state index contributed by atoms with van der Waals surface area (Å²) in [4.78, 5) is 51.1. The zero-order valence-corrected chi connectivity index (χ0v) is 17.5. The van der Waals surface area contributed by atoms with Gasteiger partial charge in [-0.25, -0.2) is 0 Å². The van der Waals surface area contributed by atoms with Gasteiger partial charge >= 0.3 is 0 Å². The number of fused-ring (bicyclic) bond motifs is 2. The summed E-state index contributed by atoms with van der Waals surface area (Å²) in [6, 6.07) is 12.6. The SMILES string of the molecule is O=C1CCC(N2C(=O)c3cccc(CNC4CCCNc5ccccc54)c3C2=O)C(=O)N1. The van der Waals surface area contributed by atoms with Gasteiger partial charge in [-0.15, -0.1) is 0 Å². The molecule has 4 amide bonds. The molecular formula is C24H24N4O4. The lowest BCUT2D eigenvalue weighted by Gasteiger charge is -2.27. The van der Waals surface area contributed by atoms with Crippen LogP contribution in [0.25, 0.3) is 0 Å². The van der Waals surface area contributed by atoms with E-state index in [-0.39, 0.29) is 24.8 Å². The van der Waals surface area contributed by atoms with E-state index in [1.54, 1.807) is 12.1 Å². The van der Waals surface area contributed by atoms with Gasteiger partial charge < -0.3 is 10.6 Å². The van der Waals surface area contributed by atoms with Crippen LogP contribution in [0.1, 0.15) is 63.6 Å². The van der Waals surface area contributed by atoms with Gasteiger partial charge in [-0.3, -0.25) is 29.4 Å². The number of hydrogen-bond acceptors (Lipinski definition) is 6. The highest BCUT2D eigenvalue weighted by atomic mass is 16.2. The molecule has 2 atom stereocenters. The second kappa shape index (κ2) is 8.20. The standard InChI is InChI=1S/C24H24N4O4/c29-20-11-10-19(22(30)27-20)28-23(31)16-7-3-5-14(21(16)24(28)32)13-26-18-9-4-12-25-17-8-2-1-6-15(17)18/h1-3,5-8,18-19,25-26H,4,9-13H2,(H,27,29,30). The van der Waals surface area contributed by atoms with Crippen molar-refractivity contribution in [1.82, 2.24) is 15.5 Å². The Labute approximate surface area is 185 Å². The van der Waals surface area contributed by atoms with Crippen molar-refractivity contribution in [2.75, 3.05) is 11.9 Å². The van der Waals surface area contributed by atoms with E-state index in [0.29, 0.717) is 17.7 Å². The molecule has 1 saturated heterocycles. The minimum Gasteiger partial charge on any atom is -0.385 e. The Morgan fingerprint density at radius 3 is 2.66 bits per heavy atom. The zero-order valence-electron chi connectivity index (χ0n) is 17.5. The van der Waals surface area contributed by atoms with Crippen LogP contribution >= 0.6 is 0 Å². The predicted molar refractivity (Wildman–Crippen MR) is 117 cm³/mol. The van der Waals surface area contributed by atoms with E-state index < -0.39 is 23.8 Å². The molecule has 5 rings (SSSR count). The lowest BCUT2D eigenvalue weighted by atomic mass is 9.99. The lowest BCUT2D eigenvalue weighted by molar-refractivity contribution is -0.136. The summed E-state index contributed by atoms with van der Waals surface area (Å²) in [6.45, 7) is 1.33. The van der Waals surface area contributed by atoms with Gasteiger partial charge in [-0.1, -0.05) is 30.3 Å². The molecule has 8 heteroatoms. The van der Waals surface area contributed by atoms with Gasteiger partial charge in [0.05, 0.1) is 11.1 Å². The van der Waals surface area contributed by atoms with Crippen molar-refractivity contribution in [1.29, 1.82) is 0 Å². The van der Waals surface area contributed by atoms with Gasteiger partial charge in [0.15, 0.2) is 0 Å². The number of hydrogen-bond donors (Lipinski definition) is 3. The molecule has 0 saturated carbocycles. The maximum atomic E-state index is 13.3. The van der Waals surface area contributed by atoms with E-state index in [1.807, 2.05) is 18.2 Å². The van der Waals surface area contributed by atoms with Crippen LogP contribution in [-0.4, -0.2) is 41.1 Å². The average Bonchev–Trinajstić information content (AvgIpc) is 2.93. The topological polar surface area (TPSA) is 108 Å². The second-order valence-corrected chi connectivity index (χ2v) is 8.38. The Hall–Kier alpha value is -3.52. The summed E-state index contributed by atoms with van der Waals surface area (Å²) >= 11 is 0. The quantitative estimate of drug-likeness (QED) is 0.639. The number of nitrogens with one attached hydrogen (secondary N) is 3. The molecule has 8 nitrogen and oxygen atoms in total.